The maximum Gasteiger partial charge on any atom is 0.303 e. The van der Waals surface area contributed by atoms with Crippen molar-refractivity contribution in [1.82, 2.24) is 9.97 Å². The Kier molecular flexibility index (Phi) is 4.03. The second-order valence-electron chi connectivity index (χ2n) is 3.47. The summed E-state index contributed by atoms with van der Waals surface area (Å²) in [7, 11) is 0. The van der Waals surface area contributed by atoms with E-state index in [4.69, 9.17) is 5.11 Å². The average molecular weight is 209 g/mol. The summed E-state index contributed by atoms with van der Waals surface area (Å²) in [5.41, 5.74) is 0.819. The number of aliphatic carboxylic acids is 1. The lowest BCUT2D eigenvalue weighted by atomic mass is 10.2. The molecule has 2 N–H and O–H groups in total. The first-order valence-corrected chi connectivity index (χ1v) is 4.85. The maximum atomic E-state index is 10.4. The van der Waals surface area contributed by atoms with E-state index in [1.807, 2.05) is 13.8 Å². The van der Waals surface area contributed by atoms with Gasteiger partial charge in [-0.25, -0.2) is 4.98 Å². The Labute approximate surface area is 88.6 Å². The van der Waals surface area contributed by atoms with Crippen LogP contribution in [0.3, 0.4) is 0 Å². The van der Waals surface area contributed by atoms with Crippen molar-refractivity contribution >= 4 is 11.8 Å². The van der Waals surface area contributed by atoms with Crippen LogP contribution in [0.1, 0.15) is 25.5 Å². The molecule has 0 aliphatic rings. The monoisotopic (exact) mass is 209 g/mol. The van der Waals surface area contributed by atoms with Crippen molar-refractivity contribution in [2.75, 3.05) is 5.32 Å². The van der Waals surface area contributed by atoms with Gasteiger partial charge in [0, 0.05) is 24.9 Å². The van der Waals surface area contributed by atoms with Gasteiger partial charge in [-0.1, -0.05) is 0 Å². The first-order chi connectivity index (χ1) is 7.09. The number of nitrogens with zero attached hydrogens (tertiary/aromatic N) is 2. The van der Waals surface area contributed by atoms with Crippen molar-refractivity contribution in [3.05, 3.63) is 18.1 Å². The second kappa shape index (κ2) is 5.29. The van der Waals surface area contributed by atoms with Gasteiger partial charge >= 0.3 is 5.97 Å². The van der Waals surface area contributed by atoms with Gasteiger partial charge in [0.05, 0.1) is 5.69 Å². The summed E-state index contributed by atoms with van der Waals surface area (Å²) in [4.78, 5) is 18.6. The first-order valence-electron chi connectivity index (χ1n) is 4.85. The zero-order chi connectivity index (χ0) is 11.3. The lowest BCUT2D eigenvalue weighted by Crippen LogP contribution is -2.18. The van der Waals surface area contributed by atoms with Gasteiger partial charge in [-0.05, 0) is 20.3 Å². The molecule has 5 heteroatoms. The van der Waals surface area contributed by atoms with Gasteiger partial charge in [-0.2, -0.15) is 0 Å². The summed E-state index contributed by atoms with van der Waals surface area (Å²) in [6.45, 7) is 3.79. The average Bonchev–Trinajstić information content (AvgIpc) is 2.18. The van der Waals surface area contributed by atoms with Crippen molar-refractivity contribution in [3.8, 4) is 0 Å². The number of anilines is 1. The van der Waals surface area contributed by atoms with Crippen LogP contribution in [-0.2, 0) is 4.79 Å². The zero-order valence-corrected chi connectivity index (χ0v) is 8.90. The number of rotatable bonds is 5. The van der Waals surface area contributed by atoms with Crippen LogP contribution in [0.5, 0.6) is 0 Å². The molecule has 1 atom stereocenters. The summed E-state index contributed by atoms with van der Waals surface area (Å²) in [5, 5.41) is 11.7. The van der Waals surface area contributed by atoms with Gasteiger partial charge in [-0.15, -0.1) is 0 Å². The molecule has 0 spiro atoms. The number of hydrogen-bond donors (Lipinski definition) is 2. The Hall–Kier alpha value is -1.65. The van der Waals surface area contributed by atoms with Crippen LogP contribution in [-0.4, -0.2) is 27.1 Å². The summed E-state index contributed by atoms with van der Waals surface area (Å²) in [6.07, 6.45) is 3.97. The number of aryl methyl sites for hydroxylation is 1. The van der Waals surface area contributed by atoms with Crippen LogP contribution in [0.2, 0.25) is 0 Å². The van der Waals surface area contributed by atoms with E-state index >= 15 is 0 Å². The van der Waals surface area contributed by atoms with Gasteiger partial charge in [0.15, 0.2) is 0 Å². The van der Waals surface area contributed by atoms with Gasteiger partial charge in [0.25, 0.3) is 0 Å². The number of aromatic nitrogens is 2. The van der Waals surface area contributed by atoms with Crippen molar-refractivity contribution in [1.29, 1.82) is 0 Å². The molecule has 0 saturated heterocycles. The zero-order valence-electron chi connectivity index (χ0n) is 8.90. The summed E-state index contributed by atoms with van der Waals surface area (Å²) < 4.78 is 0. The molecule has 0 fully saturated rings. The molecule has 1 aromatic heterocycles. The van der Waals surface area contributed by atoms with E-state index in [9.17, 15) is 4.79 Å². The predicted molar refractivity (Wildman–Crippen MR) is 56.7 cm³/mol. The van der Waals surface area contributed by atoms with E-state index in [0.717, 1.165) is 11.5 Å². The molecule has 1 aromatic rings. The minimum atomic E-state index is -0.778. The molecule has 0 bridgehead atoms. The summed E-state index contributed by atoms with van der Waals surface area (Å²) in [6, 6.07) is 0.0801. The molecule has 1 heterocycles. The minimum absolute atomic E-state index is 0.0801. The van der Waals surface area contributed by atoms with E-state index in [1.165, 1.54) is 0 Å². The van der Waals surface area contributed by atoms with Crippen LogP contribution in [0, 0.1) is 6.92 Å². The van der Waals surface area contributed by atoms with Crippen LogP contribution in [0.15, 0.2) is 12.4 Å². The molecular formula is C10H15N3O2. The van der Waals surface area contributed by atoms with E-state index in [-0.39, 0.29) is 12.5 Å². The number of nitrogens with one attached hydrogen (secondary N) is 1. The van der Waals surface area contributed by atoms with Gasteiger partial charge in [0.2, 0.25) is 0 Å². The molecule has 5 nitrogen and oxygen atoms in total. The van der Waals surface area contributed by atoms with Crippen LogP contribution in [0.25, 0.3) is 0 Å². The van der Waals surface area contributed by atoms with Crippen molar-refractivity contribution < 1.29 is 9.90 Å². The van der Waals surface area contributed by atoms with Crippen LogP contribution < -0.4 is 5.32 Å². The summed E-state index contributed by atoms with van der Waals surface area (Å²) >= 11 is 0. The van der Waals surface area contributed by atoms with Gasteiger partial charge in [-0.3, -0.25) is 9.78 Å². The van der Waals surface area contributed by atoms with Crippen molar-refractivity contribution in [2.45, 2.75) is 32.7 Å². The van der Waals surface area contributed by atoms with Crippen molar-refractivity contribution in [3.63, 3.8) is 0 Å². The highest BCUT2D eigenvalue weighted by Crippen LogP contribution is 2.10. The van der Waals surface area contributed by atoms with E-state index in [0.29, 0.717) is 6.42 Å². The lowest BCUT2D eigenvalue weighted by molar-refractivity contribution is -0.137. The molecule has 15 heavy (non-hydrogen) atoms. The minimum Gasteiger partial charge on any atom is -0.481 e. The molecule has 82 valence electrons. The third kappa shape index (κ3) is 3.93. The fourth-order valence-electron chi connectivity index (χ4n) is 1.19. The third-order valence-corrected chi connectivity index (χ3v) is 2.06. The highest BCUT2D eigenvalue weighted by molar-refractivity contribution is 5.66. The standard InChI is InChI=1S/C10H15N3O2/c1-7(3-4-9(14)15)13-10-8(2)11-5-6-12-10/h5-7H,3-4H2,1-2H3,(H,12,13)(H,14,15). The second-order valence-corrected chi connectivity index (χ2v) is 3.47. The first kappa shape index (κ1) is 11.4. The molecule has 0 aromatic carbocycles. The smallest absolute Gasteiger partial charge is 0.303 e. The highest BCUT2D eigenvalue weighted by Gasteiger charge is 2.07. The topological polar surface area (TPSA) is 75.1 Å². The molecule has 0 radical (unpaired) electrons. The summed E-state index contributed by atoms with van der Waals surface area (Å²) in [5.74, 6) is -0.0603. The van der Waals surface area contributed by atoms with Gasteiger partial charge in [0.1, 0.15) is 5.82 Å². The highest BCUT2D eigenvalue weighted by atomic mass is 16.4. The molecule has 0 amide bonds. The fourth-order valence-corrected chi connectivity index (χ4v) is 1.19. The lowest BCUT2D eigenvalue weighted by Gasteiger charge is -2.14. The SMILES string of the molecule is Cc1nccnc1NC(C)CCC(=O)O. The molecule has 1 unspecified atom stereocenters. The molecular weight excluding hydrogens is 194 g/mol. The number of carbonyl (C=O) groups is 1. The number of carboxylic acid groups (broad SMARTS) is 1. The largest absolute Gasteiger partial charge is 0.481 e. The molecule has 0 saturated carbocycles. The Balaban J connectivity index is 2.47. The maximum absolute atomic E-state index is 10.4. The Morgan fingerprint density at radius 2 is 2.20 bits per heavy atom. The Morgan fingerprint density at radius 3 is 2.80 bits per heavy atom. The van der Waals surface area contributed by atoms with E-state index in [1.54, 1.807) is 12.4 Å². The third-order valence-electron chi connectivity index (χ3n) is 2.06. The van der Waals surface area contributed by atoms with E-state index in [2.05, 4.69) is 15.3 Å². The fraction of sp³-hybridized carbons (Fsp3) is 0.500. The van der Waals surface area contributed by atoms with Crippen LogP contribution >= 0.6 is 0 Å². The predicted octanol–water partition coefficient (Wildman–Crippen LogP) is 1.45. The van der Waals surface area contributed by atoms with E-state index < -0.39 is 5.97 Å². The number of hydrogen-bond acceptors (Lipinski definition) is 4. The van der Waals surface area contributed by atoms with Gasteiger partial charge < -0.3 is 10.4 Å². The van der Waals surface area contributed by atoms with Crippen LogP contribution in [0.4, 0.5) is 5.82 Å². The molecule has 1 rings (SSSR count). The Morgan fingerprint density at radius 1 is 1.53 bits per heavy atom. The Bertz CT molecular complexity index is 341. The molecule has 0 aliphatic heterocycles. The normalized spacial score (nSPS) is 12.1. The quantitative estimate of drug-likeness (QED) is 0.767. The molecule has 0 aliphatic carbocycles. The van der Waals surface area contributed by atoms with Crippen molar-refractivity contribution in [2.24, 2.45) is 0 Å². The number of carboxylic acids is 1.